The molecule has 2 rings (SSSR count). The lowest BCUT2D eigenvalue weighted by Crippen LogP contribution is -2.13. The molecule has 18 heavy (non-hydrogen) atoms. The summed E-state index contributed by atoms with van der Waals surface area (Å²) in [6, 6.07) is 5.32. The first-order valence-electron chi connectivity index (χ1n) is 5.50. The fourth-order valence-corrected chi connectivity index (χ4v) is 2.18. The van der Waals surface area contributed by atoms with Crippen molar-refractivity contribution in [3.63, 3.8) is 0 Å². The fourth-order valence-electron chi connectivity index (χ4n) is 1.58. The van der Waals surface area contributed by atoms with Gasteiger partial charge in [0.15, 0.2) is 0 Å². The molecule has 0 radical (unpaired) electrons. The van der Waals surface area contributed by atoms with Crippen molar-refractivity contribution in [1.29, 1.82) is 0 Å². The Morgan fingerprint density at radius 3 is 2.83 bits per heavy atom. The van der Waals surface area contributed by atoms with Gasteiger partial charge < -0.3 is 10.5 Å². The van der Waals surface area contributed by atoms with Gasteiger partial charge in [0.2, 0.25) is 0 Å². The summed E-state index contributed by atoms with van der Waals surface area (Å²) in [5.74, 6) is 0.0209. The lowest BCUT2D eigenvalue weighted by Gasteiger charge is -2.09. The molecule has 1 heterocycles. The Bertz CT molecular complexity index is 578. The molecule has 1 aromatic heterocycles. The SMILES string of the molecule is Cc1ccc(C(N)=O)c(OCc2csc(C)n2)c1. The second kappa shape index (κ2) is 5.18. The van der Waals surface area contributed by atoms with Crippen LogP contribution in [0.3, 0.4) is 0 Å². The largest absolute Gasteiger partial charge is 0.486 e. The maximum atomic E-state index is 11.3. The molecule has 0 bridgehead atoms. The molecule has 4 nitrogen and oxygen atoms in total. The van der Waals surface area contributed by atoms with Gasteiger partial charge in [-0.15, -0.1) is 11.3 Å². The number of primary amides is 1. The predicted octanol–water partition coefficient (Wildman–Crippen LogP) is 2.44. The van der Waals surface area contributed by atoms with Crippen molar-refractivity contribution in [3.05, 3.63) is 45.4 Å². The van der Waals surface area contributed by atoms with E-state index in [1.807, 2.05) is 25.3 Å². The molecule has 0 fully saturated rings. The number of carbonyl (C=O) groups is 1. The van der Waals surface area contributed by atoms with Gasteiger partial charge in [-0.25, -0.2) is 4.98 Å². The number of benzene rings is 1. The molecule has 1 aromatic carbocycles. The third kappa shape index (κ3) is 2.87. The Balaban J connectivity index is 2.17. The minimum Gasteiger partial charge on any atom is -0.486 e. The van der Waals surface area contributed by atoms with Crippen LogP contribution in [-0.4, -0.2) is 10.9 Å². The van der Waals surface area contributed by atoms with Crippen LogP contribution in [0.2, 0.25) is 0 Å². The van der Waals surface area contributed by atoms with Gasteiger partial charge in [-0.3, -0.25) is 4.79 Å². The average Bonchev–Trinajstić information content (AvgIpc) is 2.72. The third-order valence-corrected chi connectivity index (χ3v) is 3.27. The Hall–Kier alpha value is -1.88. The predicted molar refractivity (Wildman–Crippen MR) is 70.9 cm³/mol. The van der Waals surface area contributed by atoms with Crippen LogP contribution < -0.4 is 10.5 Å². The van der Waals surface area contributed by atoms with Crippen LogP contribution in [0.1, 0.15) is 26.6 Å². The Labute approximate surface area is 109 Å². The molecule has 0 saturated carbocycles. The van der Waals surface area contributed by atoms with Gasteiger partial charge >= 0.3 is 0 Å². The zero-order valence-electron chi connectivity index (χ0n) is 10.3. The molecule has 0 saturated heterocycles. The van der Waals surface area contributed by atoms with Crippen LogP contribution >= 0.6 is 11.3 Å². The van der Waals surface area contributed by atoms with Gasteiger partial charge in [0.05, 0.1) is 16.3 Å². The van der Waals surface area contributed by atoms with E-state index in [0.29, 0.717) is 17.9 Å². The molecule has 0 aliphatic heterocycles. The number of nitrogens with two attached hydrogens (primary N) is 1. The third-order valence-electron chi connectivity index (χ3n) is 2.44. The zero-order chi connectivity index (χ0) is 13.1. The van der Waals surface area contributed by atoms with Crippen LogP contribution in [0.15, 0.2) is 23.6 Å². The Morgan fingerprint density at radius 1 is 1.44 bits per heavy atom. The number of hydrogen-bond donors (Lipinski definition) is 1. The molecular weight excluding hydrogens is 248 g/mol. The highest BCUT2D eigenvalue weighted by atomic mass is 32.1. The fraction of sp³-hybridized carbons (Fsp3) is 0.231. The summed E-state index contributed by atoms with van der Waals surface area (Å²) in [4.78, 5) is 15.6. The van der Waals surface area contributed by atoms with E-state index < -0.39 is 5.91 Å². The molecule has 2 N–H and O–H groups in total. The van der Waals surface area contributed by atoms with Crippen LogP contribution in [0.4, 0.5) is 0 Å². The lowest BCUT2D eigenvalue weighted by molar-refractivity contribution is 0.0996. The number of carbonyl (C=O) groups excluding carboxylic acids is 1. The number of nitrogens with zero attached hydrogens (tertiary/aromatic N) is 1. The van der Waals surface area contributed by atoms with Crippen molar-refractivity contribution in [2.24, 2.45) is 5.73 Å². The van der Waals surface area contributed by atoms with Crippen LogP contribution in [0.5, 0.6) is 5.75 Å². The minimum absolute atomic E-state index is 0.341. The maximum Gasteiger partial charge on any atom is 0.252 e. The first-order valence-corrected chi connectivity index (χ1v) is 6.38. The minimum atomic E-state index is -0.487. The molecule has 0 aliphatic carbocycles. The molecule has 1 amide bonds. The molecular formula is C13H14N2O2S. The highest BCUT2D eigenvalue weighted by Crippen LogP contribution is 2.21. The van der Waals surface area contributed by atoms with Crippen molar-refractivity contribution in [2.45, 2.75) is 20.5 Å². The van der Waals surface area contributed by atoms with E-state index in [1.165, 1.54) is 0 Å². The monoisotopic (exact) mass is 262 g/mol. The molecule has 94 valence electrons. The van der Waals surface area contributed by atoms with Crippen molar-refractivity contribution in [2.75, 3.05) is 0 Å². The normalized spacial score (nSPS) is 10.3. The van der Waals surface area contributed by atoms with E-state index in [4.69, 9.17) is 10.5 Å². The summed E-state index contributed by atoms with van der Waals surface area (Å²) in [6.45, 7) is 4.22. The topological polar surface area (TPSA) is 65.2 Å². The molecule has 5 heteroatoms. The second-order valence-corrected chi connectivity index (χ2v) is 5.07. The maximum absolute atomic E-state index is 11.3. The summed E-state index contributed by atoms with van der Waals surface area (Å²) >= 11 is 1.57. The molecule has 0 unspecified atom stereocenters. The number of hydrogen-bond acceptors (Lipinski definition) is 4. The molecule has 0 aliphatic rings. The van der Waals surface area contributed by atoms with Crippen molar-refractivity contribution in [3.8, 4) is 5.75 Å². The summed E-state index contributed by atoms with van der Waals surface area (Å²) in [7, 11) is 0. The van der Waals surface area contributed by atoms with Gasteiger partial charge in [0.25, 0.3) is 5.91 Å². The number of amides is 1. The van der Waals surface area contributed by atoms with E-state index in [9.17, 15) is 4.79 Å². The number of rotatable bonds is 4. The zero-order valence-corrected chi connectivity index (χ0v) is 11.1. The van der Waals surface area contributed by atoms with Crippen molar-refractivity contribution >= 4 is 17.2 Å². The van der Waals surface area contributed by atoms with Crippen LogP contribution in [-0.2, 0) is 6.61 Å². The number of thiazole rings is 1. The van der Waals surface area contributed by atoms with E-state index >= 15 is 0 Å². The molecule has 0 spiro atoms. The van der Waals surface area contributed by atoms with Crippen molar-refractivity contribution in [1.82, 2.24) is 4.98 Å². The Morgan fingerprint density at radius 2 is 2.22 bits per heavy atom. The Kier molecular flexibility index (Phi) is 3.62. The average molecular weight is 262 g/mol. The quantitative estimate of drug-likeness (QED) is 0.920. The summed E-state index contributed by atoms with van der Waals surface area (Å²) in [5.41, 5.74) is 7.58. The number of aromatic nitrogens is 1. The summed E-state index contributed by atoms with van der Waals surface area (Å²) in [5, 5.41) is 2.93. The smallest absolute Gasteiger partial charge is 0.252 e. The van der Waals surface area contributed by atoms with E-state index in [-0.39, 0.29) is 0 Å². The van der Waals surface area contributed by atoms with Gasteiger partial charge in [-0.2, -0.15) is 0 Å². The molecule has 2 aromatic rings. The summed E-state index contributed by atoms with van der Waals surface area (Å²) < 4.78 is 5.62. The van der Waals surface area contributed by atoms with Gasteiger partial charge in [-0.05, 0) is 31.5 Å². The van der Waals surface area contributed by atoms with E-state index in [2.05, 4.69) is 4.98 Å². The van der Waals surface area contributed by atoms with Gasteiger partial charge in [-0.1, -0.05) is 6.07 Å². The van der Waals surface area contributed by atoms with E-state index in [0.717, 1.165) is 16.3 Å². The standard InChI is InChI=1S/C13H14N2O2S/c1-8-3-4-11(13(14)16)12(5-8)17-6-10-7-18-9(2)15-10/h3-5,7H,6H2,1-2H3,(H2,14,16). The van der Waals surface area contributed by atoms with Crippen LogP contribution in [0, 0.1) is 13.8 Å². The lowest BCUT2D eigenvalue weighted by atomic mass is 10.1. The molecule has 0 atom stereocenters. The summed E-state index contributed by atoms with van der Waals surface area (Å²) in [6.07, 6.45) is 0. The van der Waals surface area contributed by atoms with E-state index in [1.54, 1.807) is 23.5 Å². The van der Waals surface area contributed by atoms with Gasteiger partial charge in [0.1, 0.15) is 12.4 Å². The number of aryl methyl sites for hydroxylation is 2. The number of ether oxygens (including phenoxy) is 1. The highest BCUT2D eigenvalue weighted by molar-refractivity contribution is 7.09. The van der Waals surface area contributed by atoms with Gasteiger partial charge in [0, 0.05) is 5.38 Å². The van der Waals surface area contributed by atoms with Crippen molar-refractivity contribution < 1.29 is 9.53 Å². The highest BCUT2D eigenvalue weighted by Gasteiger charge is 2.10. The van der Waals surface area contributed by atoms with Crippen LogP contribution in [0.25, 0.3) is 0 Å². The second-order valence-electron chi connectivity index (χ2n) is 4.01. The first kappa shape index (κ1) is 12.6. The first-order chi connectivity index (χ1) is 8.56.